The number of aryl methyl sites for hydroxylation is 1. The molecule has 3 aromatic heterocycles. The number of fused-ring (bicyclic) bond motifs is 1. The van der Waals surface area contributed by atoms with Crippen molar-refractivity contribution < 1.29 is 9.53 Å². The number of amides is 1. The third-order valence-electron chi connectivity index (χ3n) is 4.12. The van der Waals surface area contributed by atoms with Gasteiger partial charge >= 0.3 is 0 Å². The maximum atomic E-state index is 12.7. The molecule has 0 aliphatic rings. The van der Waals surface area contributed by atoms with E-state index in [1.807, 2.05) is 12.1 Å². The molecule has 4 aromatic rings. The van der Waals surface area contributed by atoms with Gasteiger partial charge in [0, 0.05) is 29.8 Å². The van der Waals surface area contributed by atoms with Crippen LogP contribution < -0.4 is 10.1 Å². The number of anilines is 1. The molecule has 8 heteroatoms. The molecule has 0 radical (unpaired) electrons. The van der Waals surface area contributed by atoms with Gasteiger partial charge in [-0.25, -0.2) is 9.50 Å². The lowest BCUT2D eigenvalue weighted by atomic mass is 10.2. The van der Waals surface area contributed by atoms with Crippen LogP contribution >= 0.6 is 0 Å². The monoisotopic (exact) mass is 360 g/mol. The quantitative estimate of drug-likeness (QED) is 0.601. The summed E-state index contributed by atoms with van der Waals surface area (Å²) < 4.78 is 6.68. The number of methoxy groups -OCH3 is 1. The van der Waals surface area contributed by atoms with Crippen molar-refractivity contribution in [3.8, 4) is 17.1 Å². The van der Waals surface area contributed by atoms with Crippen LogP contribution in [0.1, 0.15) is 16.1 Å². The van der Waals surface area contributed by atoms with Crippen molar-refractivity contribution in [1.29, 1.82) is 0 Å². The SMILES string of the molecule is COc1ccc(NC(=O)c2cnc3nc(-c4cccnc4)nn3c2C)cc1. The zero-order valence-corrected chi connectivity index (χ0v) is 14.7. The Morgan fingerprint density at radius 2 is 1.96 bits per heavy atom. The molecule has 8 nitrogen and oxygen atoms in total. The second-order valence-corrected chi connectivity index (χ2v) is 5.83. The van der Waals surface area contributed by atoms with E-state index < -0.39 is 0 Å². The molecule has 4 rings (SSSR count). The fraction of sp³-hybridized carbons (Fsp3) is 0.105. The molecule has 0 aliphatic heterocycles. The zero-order valence-electron chi connectivity index (χ0n) is 14.7. The first-order valence-corrected chi connectivity index (χ1v) is 8.24. The smallest absolute Gasteiger partial charge is 0.259 e. The lowest BCUT2D eigenvalue weighted by Gasteiger charge is -2.08. The molecule has 0 aliphatic carbocycles. The summed E-state index contributed by atoms with van der Waals surface area (Å²) in [6.07, 6.45) is 4.87. The van der Waals surface area contributed by atoms with Crippen LogP contribution in [0.3, 0.4) is 0 Å². The van der Waals surface area contributed by atoms with Gasteiger partial charge < -0.3 is 10.1 Å². The first-order chi connectivity index (χ1) is 13.2. The fourth-order valence-corrected chi connectivity index (χ4v) is 2.66. The molecule has 0 saturated carbocycles. The van der Waals surface area contributed by atoms with Gasteiger partial charge in [0.25, 0.3) is 11.7 Å². The Labute approximate surface area is 154 Å². The fourth-order valence-electron chi connectivity index (χ4n) is 2.66. The van der Waals surface area contributed by atoms with E-state index in [0.29, 0.717) is 28.5 Å². The molecule has 0 unspecified atom stereocenters. The summed E-state index contributed by atoms with van der Waals surface area (Å²) in [6, 6.07) is 10.8. The van der Waals surface area contributed by atoms with Crippen molar-refractivity contribution in [2.24, 2.45) is 0 Å². The average molecular weight is 360 g/mol. The predicted molar refractivity (Wildman–Crippen MR) is 99.7 cm³/mol. The van der Waals surface area contributed by atoms with Crippen molar-refractivity contribution in [2.75, 3.05) is 12.4 Å². The van der Waals surface area contributed by atoms with E-state index in [-0.39, 0.29) is 5.91 Å². The number of hydrogen-bond acceptors (Lipinski definition) is 6. The van der Waals surface area contributed by atoms with E-state index in [4.69, 9.17) is 4.74 Å². The highest BCUT2D eigenvalue weighted by Crippen LogP contribution is 2.18. The van der Waals surface area contributed by atoms with E-state index in [0.717, 1.165) is 11.3 Å². The maximum Gasteiger partial charge on any atom is 0.259 e. The van der Waals surface area contributed by atoms with E-state index >= 15 is 0 Å². The van der Waals surface area contributed by atoms with Gasteiger partial charge in [0.1, 0.15) is 5.75 Å². The van der Waals surface area contributed by atoms with Crippen molar-refractivity contribution in [3.63, 3.8) is 0 Å². The number of benzene rings is 1. The van der Waals surface area contributed by atoms with Crippen LogP contribution in [0.5, 0.6) is 5.75 Å². The van der Waals surface area contributed by atoms with Gasteiger partial charge in [-0.15, -0.1) is 5.10 Å². The maximum absolute atomic E-state index is 12.7. The highest BCUT2D eigenvalue weighted by atomic mass is 16.5. The minimum atomic E-state index is -0.273. The van der Waals surface area contributed by atoms with Crippen LogP contribution in [-0.2, 0) is 0 Å². The molecule has 1 aromatic carbocycles. The summed E-state index contributed by atoms with van der Waals surface area (Å²) in [4.78, 5) is 25.4. The number of aromatic nitrogens is 5. The highest BCUT2D eigenvalue weighted by Gasteiger charge is 2.16. The van der Waals surface area contributed by atoms with Crippen LogP contribution in [0.4, 0.5) is 5.69 Å². The first kappa shape index (κ1) is 16.6. The Kier molecular flexibility index (Phi) is 4.21. The minimum absolute atomic E-state index is 0.273. The van der Waals surface area contributed by atoms with Crippen LogP contribution in [0.25, 0.3) is 17.2 Å². The Hall–Kier alpha value is -3.81. The van der Waals surface area contributed by atoms with Gasteiger partial charge in [-0.05, 0) is 43.3 Å². The van der Waals surface area contributed by atoms with Gasteiger partial charge in [0.05, 0.1) is 18.4 Å². The molecular formula is C19H16N6O2. The first-order valence-electron chi connectivity index (χ1n) is 8.24. The number of hydrogen-bond donors (Lipinski definition) is 1. The minimum Gasteiger partial charge on any atom is -0.497 e. The normalized spacial score (nSPS) is 10.7. The van der Waals surface area contributed by atoms with Gasteiger partial charge in [0.2, 0.25) is 0 Å². The molecule has 0 bridgehead atoms. The van der Waals surface area contributed by atoms with E-state index in [1.165, 1.54) is 6.20 Å². The van der Waals surface area contributed by atoms with Gasteiger partial charge in [-0.3, -0.25) is 9.78 Å². The molecule has 134 valence electrons. The van der Waals surface area contributed by atoms with Crippen LogP contribution in [0.2, 0.25) is 0 Å². The summed E-state index contributed by atoms with van der Waals surface area (Å²) in [5.41, 5.74) is 2.51. The second-order valence-electron chi connectivity index (χ2n) is 5.83. The summed E-state index contributed by atoms with van der Waals surface area (Å²) in [5.74, 6) is 1.38. The molecule has 1 amide bonds. The Balaban J connectivity index is 1.65. The van der Waals surface area contributed by atoms with Crippen molar-refractivity contribution in [2.45, 2.75) is 6.92 Å². The summed E-state index contributed by atoms with van der Waals surface area (Å²) >= 11 is 0. The molecule has 3 heterocycles. The van der Waals surface area contributed by atoms with Crippen molar-refractivity contribution in [3.05, 3.63) is 66.2 Å². The Bertz CT molecular complexity index is 1110. The number of nitrogens with one attached hydrogen (secondary N) is 1. The second kappa shape index (κ2) is 6.83. The highest BCUT2D eigenvalue weighted by molar-refractivity contribution is 6.04. The number of carbonyl (C=O) groups excluding carboxylic acids is 1. The third-order valence-corrected chi connectivity index (χ3v) is 4.12. The average Bonchev–Trinajstić information content (AvgIpc) is 3.15. The van der Waals surface area contributed by atoms with Crippen LogP contribution in [0.15, 0.2) is 55.0 Å². The molecule has 27 heavy (non-hydrogen) atoms. The standard InChI is InChI=1S/C19H16N6O2/c1-12-16(18(26)22-14-5-7-15(27-2)8-6-14)11-21-19-23-17(24-25(12)19)13-4-3-9-20-10-13/h3-11H,1-2H3,(H,22,26). The lowest BCUT2D eigenvalue weighted by molar-refractivity contribution is 0.102. The largest absolute Gasteiger partial charge is 0.497 e. The number of carbonyl (C=O) groups is 1. The molecule has 0 spiro atoms. The Morgan fingerprint density at radius 1 is 1.15 bits per heavy atom. The van der Waals surface area contributed by atoms with Crippen molar-refractivity contribution >= 4 is 17.4 Å². The molecule has 0 saturated heterocycles. The number of ether oxygens (including phenoxy) is 1. The summed E-state index contributed by atoms with van der Waals surface area (Å²) in [5, 5.41) is 7.31. The zero-order chi connectivity index (χ0) is 18.8. The predicted octanol–water partition coefficient (Wildman–Crippen LogP) is 2.76. The van der Waals surface area contributed by atoms with E-state index in [1.54, 1.807) is 55.2 Å². The van der Waals surface area contributed by atoms with E-state index in [9.17, 15) is 4.79 Å². The van der Waals surface area contributed by atoms with Gasteiger partial charge in [-0.1, -0.05) is 0 Å². The van der Waals surface area contributed by atoms with Crippen molar-refractivity contribution in [1.82, 2.24) is 24.6 Å². The lowest BCUT2D eigenvalue weighted by Crippen LogP contribution is -2.16. The number of nitrogens with zero attached hydrogens (tertiary/aromatic N) is 5. The van der Waals surface area contributed by atoms with Crippen LogP contribution in [0, 0.1) is 6.92 Å². The van der Waals surface area contributed by atoms with Gasteiger partial charge in [0.15, 0.2) is 5.82 Å². The van der Waals surface area contributed by atoms with Crippen LogP contribution in [-0.4, -0.2) is 37.6 Å². The molecule has 1 N–H and O–H groups in total. The van der Waals surface area contributed by atoms with E-state index in [2.05, 4.69) is 25.4 Å². The summed E-state index contributed by atoms with van der Waals surface area (Å²) in [6.45, 7) is 1.80. The summed E-state index contributed by atoms with van der Waals surface area (Å²) in [7, 11) is 1.59. The number of pyridine rings is 1. The topological polar surface area (TPSA) is 94.3 Å². The third kappa shape index (κ3) is 3.20. The molecular weight excluding hydrogens is 344 g/mol. The molecule has 0 fully saturated rings. The van der Waals surface area contributed by atoms with Gasteiger partial charge in [-0.2, -0.15) is 4.98 Å². The number of rotatable bonds is 4. The Morgan fingerprint density at radius 3 is 2.67 bits per heavy atom. The molecule has 0 atom stereocenters.